The Morgan fingerprint density at radius 2 is 2.00 bits per heavy atom. The standard InChI is InChI=1S/C18H20N2O4/c1-12(2)14-5-3-4-6-16(14)24-10-9-20-17(21)15-11-13(18(22)23)7-8-19-15/h3-8,11-12H,9-10H2,1-2H3,(H,20,21)(H,22,23). The lowest BCUT2D eigenvalue weighted by atomic mass is 10.0. The van der Waals surface area contributed by atoms with E-state index in [2.05, 4.69) is 24.1 Å². The zero-order chi connectivity index (χ0) is 17.5. The Morgan fingerprint density at radius 1 is 1.25 bits per heavy atom. The molecule has 1 heterocycles. The lowest BCUT2D eigenvalue weighted by Crippen LogP contribution is -2.29. The third kappa shape index (κ3) is 4.55. The highest BCUT2D eigenvalue weighted by molar-refractivity contribution is 5.95. The van der Waals surface area contributed by atoms with Gasteiger partial charge >= 0.3 is 5.97 Å². The monoisotopic (exact) mass is 328 g/mol. The minimum absolute atomic E-state index is 0.0252. The molecule has 1 aromatic carbocycles. The molecule has 0 aliphatic heterocycles. The van der Waals surface area contributed by atoms with Gasteiger partial charge in [-0.1, -0.05) is 32.0 Å². The van der Waals surface area contributed by atoms with Gasteiger partial charge in [-0.2, -0.15) is 0 Å². The molecule has 6 nitrogen and oxygen atoms in total. The van der Waals surface area contributed by atoms with Crippen LogP contribution in [0.4, 0.5) is 0 Å². The quantitative estimate of drug-likeness (QED) is 0.763. The van der Waals surface area contributed by atoms with Gasteiger partial charge in [0.15, 0.2) is 0 Å². The van der Waals surface area contributed by atoms with Gasteiger partial charge in [-0.15, -0.1) is 0 Å². The number of carbonyl (C=O) groups is 2. The summed E-state index contributed by atoms with van der Waals surface area (Å²) in [7, 11) is 0. The van der Waals surface area contributed by atoms with Gasteiger partial charge < -0.3 is 15.2 Å². The Labute approximate surface area is 140 Å². The van der Waals surface area contributed by atoms with Crippen LogP contribution in [0.25, 0.3) is 0 Å². The maximum Gasteiger partial charge on any atom is 0.335 e. The van der Waals surface area contributed by atoms with E-state index in [1.165, 1.54) is 18.3 Å². The average Bonchev–Trinajstić information content (AvgIpc) is 2.58. The van der Waals surface area contributed by atoms with Crippen LogP contribution in [0.5, 0.6) is 5.75 Å². The van der Waals surface area contributed by atoms with Gasteiger partial charge in [-0.05, 0) is 29.7 Å². The molecule has 2 aromatic rings. The number of pyridine rings is 1. The maximum atomic E-state index is 12.0. The summed E-state index contributed by atoms with van der Waals surface area (Å²) in [6, 6.07) is 10.4. The number of para-hydroxylation sites is 1. The lowest BCUT2D eigenvalue weighted by molar-refractivity contribution is 0.0696. The molecule has 0 saturated heterocycles. The highest BCUT2D eigenvalue weighted by Gasteiger charge is 2.11. The Morgan fingerprint density at radius 3 is 2.71 bits per heavy atom. The summed E-state index contributed by atoms with van der Waals surface area (Å²) < 4.78 is 5.72. The second kappa shape index (κ2) is 8.10. The topological polar surface area (TPSA) is 88.5 Å². The Kier molecular flexibility index (Phi) is 5.89. The summed E-state index contributed by atoms with van der Waals surface area (Å²) >= 11 is 0. The van der Waals surface area contributed by atoms with Crippen molar-refractivity contribution >= 4 is 11.9 Å². The second-order valence-electron chi connectivity index (χ2n) is 5.53. The summed E-state index contributed by atoms with van der Waals surface area (Å²) in [5, 5.41) is 11.6. The van der Waals surface area contributed by atoms with Crippen molar-refractivity contribution < 1.29 is 19.4 Å². The highest BCUT2D eigenvalue weighted by Crippen LogP contribution is 2.25. The summed E-state index contributed by atoms with van der Waals surface area (Å²) in [6.07, 6.45) is 1.30. The second-order valence-corrected chi connectivity index (χ2v) is 5.53. The molecule has 0 spiro atoms. The number of carboxylic acids is 1. The van der Waals surface area contributed by atoms with Crippen LogP contribution in [-0.2, 0) is 0 Å². The van der Waals surface area contributed by atoms with Crippen LogP contribution in [-0.4, -0.2) is 35.1 Å². The number of benzene rings is 1. The van der Waals surface area contributed by atoms with Crippen molar-refractivity contribution in [2.75, 3.05) is 13.2 Å². The number of aromatic carboxylic acids is 1. The van der Waals surface area contributed by atoms with Gasteiger partial charge in [0.05, 0.1) is 12.1 Å². The van der Waals surface area contributed by atoms with Gasteiger partial charge in [0.2, 0.25) is 0 Å². The van der Waals surface area contributed by atoms with E-state index < -0.39 is 11.9 Å². The minimum Gasteiger partial charge on any atom is -0.491 e. The van der Waals surface area contributed by atoms with E-state index in [-0.39, 0.29) is 11.3 Å². The molecule has 2 N–H and O–H groups in total. The summed E-state index contributed by atoms with van der Waals surface area (Å²) in [4.78, 5) is 26.8. The van der Waals surface area contributed by atoms with Crippen LogP contribution in [0, 0.1) is 0 Å². The van der Waals surface area contributed by atoms with Gasteiger partial charge in [-0.3, -0.25) is 9.78 Å². The van der Waals surface area contributed by atoms with E-state index in [1.807, 2.05) is 24.3 Å². The molecule has 0 aliphatic rings. The third-order valence-corrected chi connectivity index (χ3v) is 3.43. The van der Waals surface area contributed by atoms with Crippen molar-refractivity contribution in [2.45, 2.75) is 19.8 Å². The Bertz CT molecular complexity index is 728. The number of rotatable bonds is 7. The first-order chi connectivity index (χ1) is 11.5. The van der Waals surface area contributed by atoms with Crippen LogP contribution in [0.3, 0.4) is 0 Å². The van der Waals surface area contributed by atoms with E-state index in [0.29, 0.717) is 19.1 Å². The van der Waals surface area contributed by atoms with E-state index in [9.17, 15) is 9.59 Å². The largest absolute Gasteiger partial charge is 0.491 e. The van der Waals surface area contributed by atoms with E-state index in [0.717, 1.165) is 11.3 Å². The number of amides is 1. The zero-order valence-corrected chi connectivity index (χ0v) is 13.7. The Balaban J connectivity index is 1.88. The molecule has 0 atom stereocenters. The van der Waals surface area contributed by atoms with Crippen molar-refractivity contribution in [3.05, 3.63) is 59.4 Å². The van der Waals surface area contributed by atoms with Gasteiger partial charge in [0.1, 0.15) is 18.1 Å². The van der Waals surface area contributed by atoms with Gasteiger partial charge in [-0.25, -0.2) is 4.79 Å². The smallest absolute Gasteiger partial charge is 0.335 e. The van der Waals surface area contributed by atoms with Crippen LogP contribution < -0.4 is 10.1 Å². The molecule has 24 heavy (non-hydrogen) atoms. The number of nitrogens with zero attached hydrogens (tertiary/aromatic N) is 1. The zero-order valence-electron chi connectivity index (χ0n) is 13.7. The molecule has 126 valence electrons. The molecule has 2 rings (SSSR count). The third-order valence-electron chi connectivity index (χ3n) is 3.43. The van der Waals surface area contributed by atoms with E-state index in [4.69, 9.17) is 9.84 Å². The number of ether oxygens (including phenoxy) is 1. The molecule has 0 saturated carbocycles. The van der Waals surface area contributed by atoms with Crippen molar-refractivity contribution in [3.63, 3.8) is 0 Å². The summed E-state index contributed by atoms with van der Waals surface area (Å²) in [5.41, 5.74) is 1.20. The van der Waals surface area contributed by atoms with Crippen molar-refractivity contribution in [3.8, 4) is 5.75 Å². The molecule has 0 unspecified atom stereocenters. The highest BCUT2D eigenvalue weighted by atomic mass is 16.5. The first-order valence-electron chi connectivity index (χ1n) is 7.68. The first kappa shape index (κ1) is 17.5. The summed E-state index contributed by atoms with van der Waals surface area (Å²) in [5.74, 6) is -0.384. The fourth-order valence-corrected chi connectivity index (χ4v) is 2.19. The molecule has 6 heteroatoms. The van der Waals surface area contributed by atoms with Crippen LogP contribution in [0.1, 0.15) is 46.2 Å². The van der Waals surface area contributed by atoms with Crippen molar-refractivity contribution in [1.29, 1.82) is 0 Å². The van der Waals surface area contributed by atoms with Gasteiger partial charge in [0, 0.05) is 6.20 Å². The molecular formula is C18H20N2O4. The molecule has 1 aromatic heterocycles. The van der Waals surface area contributed by atoms with Gasteiger partial charge in [0.25, 0.3) is 5.91 Å². The normalized spacial score (nSPS) is 10.5. The molecular weight excluding hydrogens is 308 g/mol. The number of nitrogens with one attached hydrogen (secondary N) is 1. The van der Waals surface area contributed by atoms with Crippen molar-refractivity contribution in [1.82, 2.24) is 10.3 Å². The molecule has 0 fully saturated rings. The van der Waals surface area contributed by atoms with Crippen molar-refractivity contribution in [2.24, 2.45) is 0 Å². The fourth-order valence-electron chi connectivity index (χ4n) is 2.19. The predicted molar refractivity (Wildman–Crippen MR) is 89.6 cm³/mol. The van der Waals surface area contributed by atoms with E-state index >= 15 is 0 Å². The summed E-state index contributed by atoms with van der Waals surface area (Å²) in [6.45, 7) is 4.79. The van der Waals surface area contributed by atoms with Crippen LogP contribution in [0.15, 0.2) is 42.6 Å². The average molecular weight is 328 g/mol. The predicted octanol–water partition coefficient (Wildman–Crippen LogP) is 2.71. The lowest BCUT2D eigenvalue weighted by Gasteiger charge is -2.14. The minimum atomic E-state index is -1.10. The van der Waals surface area contributed by atoms with E-state index in [1.54, 1.807) is 0 Å². The maximum absolute atomic E-state index is 12.0. The molecule has 0 radical (unpaired) electrons. The van der Waals surface area contributed by atoms with Crippen LogP contribution >= 0.6 is 0 Å². The molecule has 0 aliphatic carbocycles. The first-order valence-corrected chi connectivity index (χ1v) is 7.68. The number of hydrogen-bond donors (Lipinski definition) is 2. The fraction of sp³-hybridized carbons (Fsp3) is 0.278. The molecule has 0 bridgehead atoms. The SMILES string of the molecule is CC(C)c1ccccc1OCCNC(=O)c1cc(C(=O)O)ccn1. The number of carboxylic acid groups (broad SMARTS) is 1. The number of aromatic nitrogens is 1. The number of hydrogen-bond acceptors (Lipinski definition) is 4. The Hall–Kier alpha value is -2.89. The molecule has 1 amide bonds. The van der Waals surface area contributed by atoms with Crippen LogP contribution in [0.2, 0.25) is 0 Å². The number of carbonyl (C=O) groups excluding carboxylic acids is 1.